The summed E-state index contributed by atoms with van der Waals surface area (Å²) in [4.78, 5) is 39.7. The summed E-state index contributed by atoms with van der Waals surface area (Å²) in [6.45, 7) is 1.17. The molecule has 174 valence electrons. The highest BCUT2D eigenvalue weighted by Gasteiger charge is 2.38. The number of nitrogens with zero attached hydrogens (tertiary/aromatic N) is 2. The fourth-order valence-corrected chi connectivity index (χ4v) is 3.94. The van der Waals surface area contributed by atoms with Crippen LogP contribution in [-0.4, -0.2) is 64.8 Å². The fraction of sp³-hybridized carbons (Fsp3) is 0.304. The van der Waals surface area contributed by atoms with Gasteiger partial charge in [-0.25, -0.2) is 0 Å². The van der Waals surface area contributed by atoms with E-state index in [1.165, 1.54) is 9.80 Å². The third-order valence-corrected chi connectivity index (χ3v) is 5.70. The Morgan fingerprint density at radius 3 is 2.45 bits per heavy atom. The van der Waals surface area contributed by atoms with Crippen molar-refractivity contribution in [2.24, 2.45) is 5.73 Å². The fourth-order valence-electron chi connectivity index (χ4n) is 3.68. The first-order chi connectivity index (χ1) is 15.8. The topological polar surface area (TPSA) is 137 Å². The predicted octanol–water partition coefficient (Wildman–Crippen LogP) is 2.28. The van der Waals surface area contributed by atoms with Gasteiger partial charge in [-0.1, -0.05) is 29.8 Å². The first kappa shape index (κ1) is 24.1. The summed E-state index contributed by atoms with van der Waals surface area (Å²) in [5.41, 5.74) is 6.52. The number of carboxylic acid groups (broad SMARTS) is 1. The normalized spacial score (nSPS) is 14.8. The molecule has 0 radical (unpaired) electrons. The molecule has 33 heavy (non-hydrogen) atoms. The quantitative estimate of drug-likeness (QED) is 0.210. The van der Waals surface area contributed by atoms with Gasteiger partial charge in [0.1, 0.15) is 11.6 Å². The van der Waals surface area contributed by atoms with E-state index in [1.54, 1.807) is 48.5 Å². The van der Waals surface area contributed by atoms with Gasteiger partial charge in [0.15, 0.2) is 0 Å². The first-order valence-electron chi connectivity index (χ1n) is 10.4. The van der Waals surface area contributed by atoms with E-state index in [-0.39, 0.29) is 18.8 Å². The minimum absolute atomic E-state index is 0.0241. The molecule has 1 heterocycles. The van der Waals surface area contributed by atoms with Gasteiger partial charge in [0.05, 0.1) is 19.1 Å². The molecule has 1 aliphatic heterocycles. The van der Waals surface area contributed by atoms with Gasteiger partial charge < -0.3 is 25.4 Å². The molecule has 2 aromatic rings. The third-order valence-electron chi connectivity index (χ3n) is 5.36. The number of carbonyl (C=O) groups is 3. The standard InChI is InChI=1S/C23H25ClN4O5/c24-18-5-2-1-4-17(18)19(14-20(29)30)28-12-11-27(22(31)23(28)32)10-3-13-33-16-8-6-15(7-9-16)21(25)26/h1-2,4-9,19H,3,10-14H2,(H3,25,26)(H,29,30). The molecule has 1 saturated heterocycles. The zero-order valence-corrected chi connectivity index (χ0v) is 18.6. The molecule has 0 saturated carbocycles. The van der Waals surface area contributed by atoms with Crippen LogP contribution in [0.15, 0.2) is 48.5 Å². The largest absolute Gasteiger partial charge is 0.494 e. The number of piperazine rings is 1. The number of nitrogen functional groups attached to an aromatic ring is 1. The second-order valence-corrected chi connectivity index (χ2v) is 7.97. The monoisotopic (exact) mass is 472 g/mol. The number of rotatable bonds is 10. The Labute approximate surface area is 196 Å². The number of benzene rings is 2. The van der Waals surface area contributed by atoms with E-state index in [0.717, 1.165) is 0 Å². The van der Waals surface area contributed by atoms with Crippen molar-refractivity contribution in [3.05, 3.63) is 64.7 Å². The van der Waals surface area contributed by atoms with Crippen molar-refractivity contribution in [1.82, 2.24) is 9.80 Å². The number of carboxylic acids is 1. The molecule has 10 heteroatoms. The maximum absolute atomic E-state index is 12.8. The number of nitrogens with two attached hydrogens (primary N) is 1. The minimum atomic E-state index is -1.09. The van der Waals surface area contributed by atoms with Gasteiger partial charge in [-0.2, -0.15) is 0 Å². The number of ether oxygens (including phenoxy) is 1. The van der Waals surface area contributed by atoms with Gasteiger partial charge in [-0.05, 0) is 42.3 Å². The highest BCUT2D eigenvalue weighted by atomic mass is 35.5. The van der Waals surface area contributed by atoms with E-state index < -0.39 is 23.8 Å². The molecule has 0 aliphatic carbocycles. The Morgan fingerprint density at radius 1 is 1.12 bits per heavy atom. The zero-order valence-electron chi connectivity index (χ0n) is 17.9. The van der Waals surface area contributed by atoms with Crippen molar-refractivity contribution in [2.75, 3.05) is 26.2 Å². The summed E-state index contributed by atoms with van der Waals surface area (Å²) in [6, 6.07) is 12.7. The van der Waals surface area contributed by atoms with E-state index in [0.29, 0.717) is 48.0 Å². The molecule has 2 amide bonds. The number of aliphatic carboxylic acids is 1. The molecule has 2 aromatic carbocycles. The molecule has 1 fully saturated rings. The van der Waals surface area contributed by atoms with Crippen LogP contribution in [0.1, 0.15) is 30.0 Å². The van der Waals surface area contributed by atoms with Crippen LogP contribution in [0.4, 0.5) is 0 Å². The van der Waals surface area contributed by atoms with Crippen LogP contribution in [0.3, 0.4) is 0 Å². The van der Waals surface area contributed by atoms with Gasteiger partial charge >= 0.3 is 17.8 Å². The van der Waals surface area contributed by atoms with E-state index >= 15 is 0 Å². The maximum atomic E-state index is 12.8. The molecule has 3 rings (SSSR count). The van der Waals surface area contributed by atoms with Gasteiger partial charge in [0.25, 0.3) is 0 Å². The average Bonchev–Trinajstić information content (AvgIpc) is 2.79. The Hall–Kier alpha value is -3.59. The van der Waals surface area contributed by atoms with Crippen LogP contribution in [0, 0.1) is 5.41 Å². The Kier molecular flexibility index (Phi) is 7.89. The number of hydrogen-bond acceptors (Lipinski definition) is 5. The number of amides is 2. The lowest BCUT2D eigenvalue weighted by atomic mass is 10.0. The Morgan fingerprint density at radius 2 is 1.82 bits per heavy atom. The lowest BCUT2D eigenvalue weighted by Crippen LogP contribution is -2.55. The van der Waals surface area contributed by atoms with Crippen molar-refractivity contribution in [3.8, 4) is 5.75 Å². The SMILES string of the molecule is N=C(N)c1ccc(OCCCN2CCN(C(CC(=O)O)c3ccccc3Cl)C(=O)C2=O)cc1. The smallest absolute Gasteiger partial charge is 0.312 e. The van der Waals surface area contributed by atoms with Crippen molar-refractivity contribution < 1.29 is 24.2 Å². The molecule has 9 nitrogen and oxygen atoms in total. The van der Waals surface area contributed by atoms with Crippen LogP contribution in [0.2, 0.25) is 5.02 Å². The molecule has 1 atom stereocenters. The highest BCUT2D eigenvalue weighted by molar-refractivity contribution is 6.35. The van der Waals surface area contributed by atoms with Crippen molar-refractivity contribution >= 4 is 35.2 Å². The van der Waals surface area contributed by atoms with E-state index in [1.807, 2.05) is 0 Å². The summed E-state index contributed by atoms with van der Waals surface area (Å²) in [7, 11) is 0. The third kappa shape index (κ3) is 6.01. The predicted molar refractivity (Wildman–Crippen MR) is 122 cm³/mol. The molecule has 0 aromatic heterocycles. The van der Waals surface area contributed by atoms with Crippen LogP contribution >= 0.6 is 11.6 Å². The van der Waals surface area contributed by atoms with Crippen LogP contribution in [0.25, 0.3) is 0 Å². The van der Waals surface area contributed by atoms with Crippen molar-refractivity contribution in [2.45, 2.75) is 18.9 Å². The lowest BCUT2D eigenvalue weighted by Gasteiger charge is -2.38. The van der Waals surface area contributed by atoms with E-state index in [4.69, 9.17) is 27.5 Å². The number of carbonyl (C=O) groups excluding carboxylic acids is 2. The van der Waals surface area contributed by atoms with Crippen LogP contribution < -0.4 is 10.5 Å². The molecule has 4 N–H and O–H groups in total. The molecule has 1 aliphatic rings. The van der Waals surface area contributed by atoms with Crippen molar-refractivity contribution in [3.63, 3.8) is 0 Å². The summed E-state index contributed by atoms with van der Waals surface area (Å²) in [5.74, 6) is -1.91. The van der Waals surface area contributed by atoms with E-state index in [9.17, 15) is 19.5 Å². The minimum Gasteiger partial charge on any atom is -0.494 e. The molecule has 0 spiro atoms. The van der Waals surface area contributed by atoms with Gasteiger partial charge in [0, 0.05) is 30.2 Å². The zero-order chi connectivity index (χ0) is 24.0. The number of amidine groups is 1. The number of halogens is 1. The molecule has 1 unspecified atom stereocenters. The summed E-state index contributed by atoms with van der Waals surface area (Å²) in [5, 5.41) is 17.1. The molecular formula is C23H25ClN4O5. The summed E-state index contributed by atoms with van der Waals surface area (Å²) >= 11 is 6.24. The van der Waals surface area contributed by atoms with Crippen LogP contribution in [0.5, 0.6) is 5.75 Å². The van der Waals surface area contributed by atoms with Gasteiger partial charge in [-0.3, -0.25) is 19.8 Å². The second-order valence-electron chi connectivity index (χ2n) is 7.57. The first-order valence-corrected chi connectivity index (χ1v) is 10.8. The molecule has 0 bridgehead atoms. The maximum Gasteiger partial charge on any atom is 0.312 e. The number of nitrogens with one attached hydrogen (secondary N) is 1. The van der Waals surface area contributed by atoms with Gasteiger partial charge in [-0.15, -0.1) is 0 Å². The Bertz CT molecular complexity index is 1040. The van der Waals surface area contributed by atoms with Crippen molar-refractivity contribution in [1.29, 1.82) is 5.41 Å². The average molecular weight is 473 g/mol. The van der Waals surface area contributed by atoms with Crippen LogP contribution in [-0.2, 0) is 14.4 Å². The second kappa shape index (κ2) is 10.8. The summed E-state index contributed by atoms with van der Waals surface area (Å²) in [6.07, 6.45) is 0.162. The van der Waals surface area contributed by atoms with Gasteiger partial charge in [0.2, 0.25) is 0 Å². The molecular weight excluding hydrogens is 448 g/mol. The Balaban J connectivity index is 1.57. The highest BCUT2D eigenvalue weighted by Crippen LogP contribution is 2.31. The lowest BCUT2D eigenvalue weighted by molar-refractivity contribution is -0.159. The van der Waals surface area contributed by atoms with E-state index in [2.05, 4.69) is 0 Å². The number of hydrogen-bond donors (Lipinski definition) is 3. The summed E-state index contributed by atoms with van der Waals surface area (Å²) < 4.78 is 5.64.